The van der Waals surface area contributed by atoms with Gasteiger partial charge in [0, 0.05) is 18.7 Å². The number of fused-ring (bicyclic) bond motifs is 1. The Labute approximate surface area is 162 Å². The average molecular weight is 382 g/mol. The number of nitrogens with zero attached hydrogens (tertiary/aromatic N) is 3. The van der Waals surface area contributed by atoms with E-state index in [0.717, 1.165) is 34.2 Å². The van der Waals surface area contributed by atoms with E-state index in [2.05, 4.69) is 10.4 Å². The molecule has 1 fully saturated rings. The lowest BCUT2D eigenvalue weighted by Crippen LogP contribution is -2.29. The number of aromatic nitrogens is 2. The molecule has 1 amide bonds. The number of pyridine rings is 1. The highest BCUT2D eigenvalue weighted by Crippen LogP contribution is 2.34. The van der Waals surface area contributed by atoms with Gasteiger partial charge in [-0.15, -0.1) is 0 Å². The van der Waals surface area contributed by atoms with Crippen molar-refractivity contribution >= 4 is 32.7 Å². The minimum atomic E-state index is -0.285. The van der Waals surface area contributed by atoms with Gasteiger partial charge in [-0.25, -0.2) is 10.5 Å². The molecule has 0 atom stereocenters. The predicted octanol–water partition coefficient (Wildman–Crippen LogP) is 3.95. The van der Waals surface area contributed by atoms with Crippen molar-refractivity contribution < 1.29 is 9.63 Å². The van der Waals surface area contributed by atoms with Gasteiger partial charge in [-0.05, 0) is 32.3 Å². The highest BCUT2D eigenvalue weighted by Gasteiger charge is 2.21. The lowest BCUT2D eigenvalue weighted by molar-refractivity contribution is 0.0539. The molecule has 140 valence electrons. The summed E-state index contributed by atoms with van der Waals surface area (Å²) in [4.78, 5) is 29.2. The molecule has 6 nitrogen and oxygen atoms in total. The second-order valence-electron chi connectivity index (χ2n) is 6.75. The van der Waals surface area contributed by atoms with Crippen LogP contribution < -0.4 is 10.4 Å². The number of aryl methyl sites for hydroxylation is 1. The van der Waals surface area contributed by atoms with Gasteiger partial charge in [0.05, 0.1) is 23.1 Å². The van der Waals surface area contributed by atoms with E-state index in [1.165, 1.54) is 43.3 Å². The minimum absolute atomic E-state index is 0.285. The Hall–Kier alpha value is -2.51. The molecule has 7 heteroatoms. The van der Waals surface area contributed by atoms with Crippen LogP contribution in [0.1, 0.15) is 35.2 Å². The molecule has 1 N–H and O–H groups in total. The van der Waals surface area contributed by atoms with Crippen LogP contribution in [0, 0.1) is 6.92 Å². The second-order valence-corrected chi connectivity index (χ2v) is 7.73. The van der Waals surface area contributed by atoms with E-state index >= 15 is 0 Å². The van der Waals surface area contributed by atoms with Gasteiger partial charge < -0.3 is 4.90 Å². The quantitative estimate of drug-likeness (QED) is 0.692. The van der Waals surface area contributed by atoms with E-state index in [4.69, 9.17) is 14.8 Å². The zero-order valence-corrected chi connectivity index (χ0v) is 16.3. The Morgan fingerprint density at radius 1 is 1.15 bits per heavy atom. The second kappa shape index (κ2) is 7.62. The number of amides is 1. The molecular weight excluding hydrogens is 360 g/mol. The van der Waals surface area contributed by atoms with E-state index in [1.54, 1.807) is 0 Å². The zero-order chi connectivity index (χ0) is 18.8. The van der Waals surface area contributed by atoms with Crippen LogP contribution in [0.4, 0.5) is 5.13 Å². The number of rotatable bonds is 4. The Balaban J connectivity index is 1.83. The van der Waals surface area contributed by atoms with Gasteiger partial charge in [-0.3, -0.25) is 9.63 Å². The fourth-order valence-electron chi connectivity index (χ4n) is 3.31. The summed E-state index contributed by atoms with van der Waals surface area (Å²) in [7, 11) is 1.43. The maximum absolute atomic E-state index is 12.6. The number of hydrogen-bond acceptors (Lipinski definition) is 6. The number of anilines is 1. The van der Waals surface area contributed by atoms with Crippen LogP contribution in [-0.4, -0.2) is 36.1 Å². The first-order valence-electron chi connectivity index (χ1n) is 9.12. The van der Waals surface area contributed by atoms with Crippen LogP contribution in [-0.2, 0) is 4.84 Å². The molecular formula is C20H22N4O2S. The Kier molecular flexibility index (Phi) is 5.05. The fraction of sp³-hybridized carbons (Fsp3) is 0.350. The summed E-state index contributed by atoms with van der Waals surface area (Å²) in [5.41, 5.74) is 6.45. The van der Waals surface area contributed by atoms with Crippen molar-refractivity contribution in [2.24, 2.45) is 0 Å². The summed E-state index contributed by atoms with van der Waals surface area (Å²) in [6.45, 7) is 4.05. The highest BCUT2D eigenvalue weighted by atomic mass is 32.1. The molecule has 0 saturated carbocycles. The van der Waals surface area contributed by atoms with Crippen LogP contribution in [0.5, 0.6) is 0 Å². The number of piperidine rings is 1. The Morgan fingerprint density at radius 3 is 2.59 bits per heavy atom. The summed E-state index contributed by atoms with van der Waals surface area (Å²) < 4.78 is 0.793. The van der Waals surface area contributed by atoms with Crippen molar-refractivity contribution in [2.75, 3.05) is 25.1 Å². The molecule has 0 bridgehead atoms. The predicted molar refractivity (Wildman–Crippen MR) is 108 cm³/mol. The molecule has 2 aromatic heterocycles. The zero-order valence-electron chi connectivity index (χ0n) is 15.5. The Morgan fingerprint density at radius 2 is 1.89 bits per heavy atom. The molecule has 0 radical (unpaired) electrons. The number of benzene rings is 1. The number of hydroxylamine groups is 1. The van der Waals surface area contributed by atoms with Crippen molar-refractivity contribution in [1.82, 2.24) is 15.4 Å². The maximum Gasteiger partial charge on any atom is 0.276 e. The van der Waals surface area contributed by atoms with Gasteiger partial charge in [0.1, 0.15) is 0 Å². The first-order chi connectivity index (χ1) is 13.2. The molecule has 0 aliphatic carbocycles. The number of nitrogens with one attached hydrogen (secondary N) is 1. The fourth-order valence-corrected chi connectivity index (χ4v) is 4.38. The van der Waals surface area contributed by atoms with Gasteiger partial charge in [0.2, 0.25) is 0 Å². The molecule has 4 rings (SSSR count). The molecule has 1 aromatic carbocycles. The highest BCUT2D eigenvalue weighted by molar-refractivity contribution is 7.22. The molecule has 1 saturated heterocycles. The molecule has 1 aliphatic rings. The smallest absolute Gasteiger partial charge is 0.276 e. The summed E-state index contributed by atoms with van der Waals surface area (Å²) >= 11 is 1.53. The number of thiazole rings is 1. The maximum atomic E-state index is 12.6. The lowest BCUT2D eigenvalue weighted by atomic mass is 10.1. The topological polar surface area (TPSA) is 67.3 Å². The van der Waals surface area contributed by atoms with E-state index < -0.39 is 0 Å². The molecule has 1 aliphatic heterocycles. The van der Waals surface area contributed by atoms with Crippen molar-refractivity contribution in [3.05, 3.63) is 41.5 Å². The monoisotopic (exact) mass is 382 g/mol. The van der Waals surface area contributed by atoms with Gasteiger partial charge in [-0.1, -0.05) is 41.2 Å². The van der Waals surface area contributed by atoms with Crippen LogP contribution in [0.15, 0.2) is 30.3 Å². The van der Waals surface area contributed by atoms with Crippen molar-refractivity contribution in [2.45, 2.75) is 26.2 Å². The van der Waals surface area contributed by atoms with Crippen LogP contribution in [0.3, 0.4) is 0 Å². The first-order valence-corrected chi connectivity index (χ1v) is 9.94. The van der Waals surface area contributed by atoms with Crippen molar-refractivity contribution in [3.8, 4) is 11.3 Å². The van der Waals surface area contributed by atoms with Crippen LogP contribution >= 0.6 is 11.3 Å². The van der Waals surface area contributed by atoms with E-state index in [9.17, 15) is 4.79 Å². The summed E-state index contributed by atoms with van der Waals surface area (Å²) in [5.74, 6) is -0.285. The average Bonchev–Trinajstić information content (AvgIpc) is 3.13. The summed E-state index contributed by atoms with van der Waals surface area (Å²) in [6, 6.07) is 9.92. The van der Waals surface area contributed by atoms with Crippen LogP contribution in [0.2, 0.25) is 0 Å². The third kappa shape index (κ3) is 3.65. The van der Waals surface area contributed by atoms with Gasteiger partial charge in [-0.2, -0.15) is 4.98 Å². The third-order valence-electron chi connectivity index (χ3n) is 4.76. The van der Waals surface area contributed by atoms with Crippen molar-refractivity contribution in [3.63, 3.8) is 0 Å². The number of hydrogen-bond donors (Lipinski definition) is 1. The van der Waals surface area contributed by atoms with Gasteiger partial charge in [0.15, 0.2) is 10.8 Å². The normalized spacial score (nSPS) is 14.5. The van der Waals surface area contributed by atoms with Crippen LogP contribution in [0.25, 0.3) is 21.6 Å². The molecule has 3 aromatic rings. The SMILES string of the molecule is CONC(=O)c1cc(-c2ccc(C)cc2)nc2nc(N3CCCCC3)sc12. The molecule has 27 heavy (non-hydrogen) atoms. The molecule has 0 spiro atoms. The summed E-state index contributed by atoms with van der Waals surface area (Å²) in [5, 5.41) is 0.935. The third-order valence-corrected chi connectivity index (χ3v) is 5.90. The number of carbonyl (C=O) groups excluding carboxylic acids is 1. The minimum Gasteiger partial charge on any atom is -0.348 e. The largest absolute Gasteiger partial charge is 0.348 e. The summed E-state index contributed by atoms with van der Waals surface area (Å²) in [6.07, 6.45) is 3.61. The molecule has 3 heterocycles. The first kappa shape index (κ1) is 17.9. The van der Waals surface area contributed by atoms with E-state index in [0.29, 0.717) is 11.2 Å². The Bertz CT molecular complexity index is 962. The lowest BCUT2D eigenvalue weighted by Gasteiger charge is -2.25. The molecule has 0 unspecified atom stereocenters. The standard InChI is InChI=1S/C20H22N4O2S/c1-13-6-8-14(9-7-13)16-12-15(19(25)23-26-2)17-18(21-16)22-20(27-17)24-10-4-3-5-11-24/h6-9,12H,3-5,10-11H2,1-2H3,(H,23,25). The van der Waals surface area contributed by atoms with Gasteiger partial charge in [0.25, 0.3) is 5.91 Å². The van der Waals surface area contributed by atoms with Gasteiger partial charge >= 0.3 is 0 Å². The van der Waals surface area contributed by atoms with E-state index in [1.807, 2.05) is 37.3 Å². The number of carbonyl (C=O) groups is 1. The van der Waals surface area contributed by atoms with E-state index in [-0.39, 0.29) is 5.91 Å². The van der Waals surface area contributed by atoms with Crippen molar-refractivity contribution in [1.29, 1.82) is 0 Å².